The predicted molar refractivity (Wildman–Crippen MR) is 64.3 cm³/mol. The van der Waals surface area contributed by atoms with Crippen LogP contribution in [-0.2, 0) is 4.74 Å². The largest absolute Gasteiger partial charge is 0.444 e. The Labute approximate surface area is 98.1 Å². The Morgan fingerprint density at radius 3 is 2.62 bits per heavy atom. The molecule has 4 heteroatoms. The Morgan fingerprint density at radius 2 is 2.12 bits per heavy atom. The third kappa shape index (κ3) is 3.67. The summed E-state index contributed by atoms with van der Waals surface area (Å²) in [6, 6.07) is 0. The molecule has 1 aliphatic heterocycles. The monoisotopic (exact) mass is 228 g/mol. The number of nitrogens with zero attached hydrogens (tertiary/aromatic N) is 1. The van der Waals surface area contributed by atoms with Gasteiger partial charge in [0.15, 0.2) is 0 Å². The Morgan fingerprint density at radius 1 is 1.50 bits per heavy atom. The zero-order valence-electron chi connectivity index (χ0n) is 10.9. The molecule has 0 aromatic heterocycles. The zero-order chi connectivity index (χ0) is 12.4. The lowest BCUT2D eigenvalue weighted by molar-refractivity contribution is 0.0137. The van der Waals surface area contributed by atoms with E-state index in [0.717, 1.165) is 25.8 Å². The highest BCUT2D eigenvalue weighted by molar-refractivity contribution is 5.68. The van der Waals surface area contributed by atoms with Crippen molar-refractivity contribution in [2.24, 2.45) is 5.73 Å². The molecule has 0 aromatic rings. The number of hydrogen-bond acceptors (Lipinski definition) is 3. The quantitative estimate of drug-likeness (QED) is 0.748. The minimum Gasteiger partial charge on any atom is -0.444 e. The zero-order valence-corrected chi connectivity index (χ0v) is 10.9. The maximum Gasteiger partial charge on any atom is 0.410 e. The Bertz CT molecular complexity index is 260. The van der Waals surface area contributed by atoms with Gasteiger partial charge in [0, 0.05) is 18.6 Å². The van der Waals surface area contributed by atoms with Gasteiger partial charge >= 0.3 is 6.09 Å². The fraction of sp³-hybridized carbons (Fsp3) is 0.917. The standard InChI is InChI=1S/C12H24N2O2/c1-5-12(13)7-6-8-14(9-12)10(15)16-11(2,3)4/h5-9,13H2,1-4H3. The number of ether oxygens (including phenoxy) is 1. The average molecular weight is 228 g/mol. The molecule has 4 nitrogen and oxygen atoms in total. The van der Waals surface area contributed by atoms with Crippen molar-refractivity contribution in [3.63, 3.8) is 0 Å². The molecule has 0 spiro atoms. The van der Waals surface area contributed by atoms with Crippen LogP contribution in [0.5, 0.6) is 0 Å². The van der Waals surface area contributed by atoms with Gasteiger partial charge in [-0.15, -0.1) is 0 Å². The molecule has 1 heterocycles. The van der Waals surface area contributed by atoms with Crippen LogP contribution in [0.3, 0.4) is 0 Å². The van der Waals surface area contributed by atoms with Crippen molar-refractivity contribution >= 4 is 6.09 Å². The van der Waals surface area contributed by atoms with E-state index in [1.807, 2.05) is 20.8 Å². The minimum atomic E-state index is -0.433. The molecule has 0 aliphatic carbocycles. The number of nitrogens with two attached hydrogens (primary N) is 1. The van der Waals surface area contributed by atoms with Crippen LogP contribution in [0, 0.1) is 0 Å². The second kappa shape index (κ2) is 4.62. The fourth-order valence-electron chi connectivity index (χ4n) is 1.93. The normalized spacial score (nSPS) is 26.7. The summed E-state index contributed by atoms with van der Waals surface area (Å²) in [7, 11) is 0. The highest BCUT2D eigenvalue weighted by Crippen LogP contribution is 2.23. The third-order valence-corrected chi connectivity index (χ3v) is 2.96. The summed E-state index contributed by atoms with van der Waals surface area (Å²) >= 11 is 0. The first-order valence-corrected chi connectivity index (χ1v) is 6.02. The van der Waals surface area contributed by atoms with Crippen molar-refractivity contribution in [2.75, 3.05) is 13.1 Å². The van der Waals surface area contributed by atoms with Crippen LogP contribution >= 0.6 is 0 Å². The van der Waals surface area contributed by atoms with Gasteiger partial charge in [-0.25, -0.2) is 4.79 Å². The maximum absolute atomic E-state index is 11.9. The van der Waals surface area contributed by atoms with Crippen molar-refractivity contribution < 1.29 is 9.53 Å². The summed E-state index contributed by atoms with van der Waals surface area (Å²) in [5.74, 6) is 0. The lowest BCUT2D eigenvalue weighted by Gasteiger charge is -2.40. The van der Waals surface area contributed by atoms with Gasteiger partial charge in [0.05, 0.1) is 0 Å². The second-order valence-corrected chi connectivity index (χ2v) is 5.72. The molecule has 1 unspecified atom stereocenters. The van der Waals surface area contributed by atoms with Crippen molar-refractivity contribution in [1.82, 2.24) is 4.90 Å². The van der Waals surface area contributed by atoms with E-state index in [2.05, 4.69) is 6.92 Å². The molecule has 1 amide bonds. The molecule has 2 N–H and O–H groups in total. The van der Waals surface area contributed by atoms with E-state index >= 15 is 0 Å². The van der Waals surface area contributed by atoms with Crippen molar-refractivity contribution in [2.45, 2.75) is 58.1 Å². The highest BCUT2D eigenvalue weighted by atomic mass is 16.6. The van der Waals surface area contributed by atoms with E-state index in [-0.39, 0.29) is 11.6 Å². The lowest BCUT2D eigenvalue weighted by Crippen LogP contribution is -2.56. The second-order valence-electron chi connectivity index (χ2n) is 5.72. The third-order valence-electron chi connectivity index (χ3n) is 2.96. The van der Waals surface area contributed by atoms with E-state index in [1.165, 1.54) is 0 Å². The van der Waals surface area contributed by atoms with Crippen molar-refractivity contribution in [3.8, 4) is 0 Å². The van der Waals surface area contributed by atoms with Crippen LogP contribution < -0.4 is 5.73 Å². The van der Waals surface area contributed by atoms with Crippen LogP contribution in [0.4, 0.5) is 4.79 Å². The summed E-state index contributed by atoms with van der Waals surface area (Å²) in [6.45, 7) is 9.07. The first kappa shape index (κ1) is 13.3. The molecule has 0 saturated carbocycles. The van der Waals surface area contributed by atoms with Gasteiger partial charge in [-0.2, -0.15) is 0 Å². The number of piperidine rings is 1. The van der Waals surface area contributed by atoms with E-state index in [1.54, 1.807) is 4.90 Å². The van der Waals surface area contributed by atoms with Gasteiger partial charge in [-0.05, 0) is 40.0 Å². The van der Waals surface area contributed by atoms with Gasteiger partial charge in [0.2, 0.25) is 0 Å². The number of rotatable bonds is 1. The molecule has 1 rings (SSSR count). The van der Waals surface area contributed by atoms with Crippen molar-refractivity contribution in [1.29, 1.82) is 0 Å². The smallest absolute Gasteiger partial charge is 0.410 e. The Kier molecular flexibility index (Phi) is 3.84. The van der Waals surface area contributed by atoms with Crippen molar-refractivity contribution in [3.05, 3.63) is 0 Å². The summed E-state index contributed by atoms with van der Waals surface area (Å²) in [5.41, 5.74) is 5.54. The molecular formula is C12H24N2O2. The molecule has 0 aromatic carbocycles. The van der Waals surface area contributed by atoms with Crippen LogP contribution in [-0.4, -0.2) is 35.2 Å². The van der Waals surface area contributed by atoms with E-state index in [0.29, 0.717) is 6.54 Å². The SMILES string of the molecule is CCC1(N)CCCN(C(=O)OC(C)(C)C)C1. The predicted octanol–water partition coefficient (Wildman–Crippen LogP) is 2.12. The molecule has 16 heavy (non-hydrogen) atoms. The first-order chi connectivity index (χ1) is 7.26. The number of carbonyl (C=O) groups excluding carboxylic acids is 1. The van der Waals surface area contributed by atoms with E-state index in [4.69, 9.17) is 10.5 Å². The molecule has 1 aliphatic rings. The Balaban J connectivity index is 2.57. The molecular weight excluding hydrogens is 204 g/mol. The van der Waals surface area contributed by atoms with E-state index < -0.39 is 5.60 Å². The van der Waals surface area contributed by atoms with E-state index in [9.17, 15) is 4.79 Å². The molecule has 94 valence electrons. The fourth-order valence-corrected chi connectivity index (χ4v) is 1.93. The number of hydrogen-bond donors (Lipinski definition) is 1. The molecule has 1 atom stereocenters. The van der Waals surface area contributed by atoms with Gasteiger partial charge in [0.25, 0.3) is 0 Å². The molecule has 1 fully saturated rings. The summed E-state index contributed by atoms with van der Waals surface area (Å²) < 4.78 is 5.35. The minimum absolute atomic E-state index is 0.227. The first-order valence-electron chi connectivity index (χ1n) is 6.02. The van der Waals surface area contributed by atoms with Gasteiger partial charge in [-0.1, -0.05) is 6.92 Å². The number of carbonyl (C=O) groups is 1. The van der Waals surface area contributed by atoms with Crippen LogP contribution in [0.2, 0.25) is 0 Å². The topological polar surface area (TPSA) is 55.6 Å². The molecule has 0 radical (unpaired) electrons. The molecule has 0 bridgehead atoms. The summed E-state index contributed by atoms with van der Waals surface area (Å²) in [4.78, 5) is 13.6. The summed E-state index contributed by atoms with van der Waals surface area (Å²) in [6.07, 6.45) is 2.61. The van der Waals surface area contributed by atoms with Crippen LogP contribution in [0.1, 0.15) is 47.0 Å². The number of likely N-dealkylation sites (tertiary alicyclic amines) is 1. The Hall–Kier alpha value is -0.770. The van der Waals surface area contributed by atoms with Gasteiger partial charge in [0.1, 0.15) is 5.60 Å². The lowest BCUT2D eigenvalue weighted by atomic mass is 9.88. The van der Waals surface area contributed by atoms with Crippen LogP contribution in [0.15, 0.2) is 0 Å². The number of amides is 1. The van der Waals surface area contributed by atoms with Crippen LogP contribution in [0.25, 0.3) is 0 Å². The highest BCUT2D eigenvalue weighted by Gasteiger charge is 2.33. The van der Waals surface area contributed by atoms with Gasteiger partial charge in [-0.3, -0.25) is 0 Å². The average Bonchev–Trinajstić information content (AvgIpc) is 2.15. The molecule has 1 saturated heterocycles. The summed E-state index contributed by atoms with van der Waals surface area (Å²) in [5, 5.41) is 0. The van der Waals surface area contributed by atoms with Gasteiger partial charge < -0.3 is 15.4 Å². The maximum atomic E-state index is 11.9.